The smallest absolute Gasteiger partial charge is 0.416 e. The summed E-state index contributed by atoms with van der Waals surface area (Å²) >= 11 is 0.998. The lowest BCUT2D eigenvalue weighted by atomic mass is 10.2. The second-order valence-electron chi connectivity index (χ2n) is 7.17. The number of nitrogens with zero attached hydrogens (tertiary/aromatic N) is 2. The van der Waals surface area contributed by atoms with Gasteiger partial charge in [0.2, 0.25) is 5.91 Å². The third-order valence-electron chi connectivity index (χ3n) is 4.86. The molecular weight excluding hydrogens is 467 g/mol. The number of aromatic nitrogens is 2. The van der Waals surface area contributed by atoms with Gasteiger partial charge in [-0.15, -0.1) is 0 Å². The summed E-state index contributed by atoms with van der Waals surface area (Å²) in [5, 5.41) is 3.12. The summed E-state index contributed by atoms with van der Waals surface area (Å²) in [5.41, 5.74) is -0.187. The maximum absolute atomic E-state index is 13.3. The number of ether oxygens (including phenoxy) is 1. The number of nitrogens with one attached hydrogen (secondary N) is 1. The maximum Gasteiger partial charge on any atom is 0.416 e. The van der Waals surface area contributed by atoms with Crippen LogP contribution in [-0.4, -0.2) is 28.3 Å². The van der Waals surface area contributed by atoms with Gasteiger partial charge in [-0.2, -0.15) is 13.2 Å². The van der Waals surface area contributed by atoms with E-state index in [0.717, 1.165) is 23.9 Å². The zero-order chi connectivity index (χ0) is 24.3. The lowest BCUT2D eigenvalue weighted by molar-refractivity contribution is -0.137. The number of amides is 1. The Morgan fingerprint density at radius 1 is 1.06 bits per heavy atom. The lowest BCUT2D eigenvalue weighted by Crippen LogP contribution is -2.23. The van der Waals surface area contributed by atoms with E-state index in [1.807, 2.05) is 0 Å². The van der Waals surface area contributed by atoms with Crippen LogP contribution in [0.1, 0.15) is 5.56 Å². The van der Waals surface area contributed by atoms with Gasteiger partial charge >= 0.3 is 6.18 Å². The number of benzene rings is 3. The summed E-state index contributed by atoms with van der Waals surface area (Å²) in [6, 6.07) is 18.1. The first-order valence-electron chi connectivity index (χ1n) is 10.0. The van der Waals surface area contributed by atoms with Crippen LogP contribution in [0.5, 0.6) is 5.75 Å². The molecule has 1 heterocycles. The summed E-state index contributed by atoms with van der Waals surface area (Å²) < 4.78 is 45.4. The summed E-state index contributed by atoms with van der Waals surface area (Å²) in [6.07, 6.45) is -4.52. The van der Waals surface area contributed by atoms with E-state index in [1.165, 1.54) is 23.8 Å². The van der Waals surface area contributed by atoms with Crippen LogP contribution in [0.25, 0.3) is 16.6 Å². The van der Waals surface area contributed by atoms with E-state index in [1.54, 1.807) is 48.5 Å². The molecule has 0 radical (unpaired) electrons. The van der Waals surface area contributed by atoms with E-state index in [9.17, 15) is 22.8 Å². The Hall–Kier alpha value is -3.79. The minimum Gasteiger partial charge on any atom is -0.497 e. The molecule has 0 spiro atoms. The molecule has 10 heteroatoms. The standard InChI is InChI=1S/C24H18F3N3O3S/c1-33-18-9-5-8-17(13-18)30-22(32)19-10-2-3-11-20(19)29-23(30)34-14-21(31)28-16-7-4-6-15(12-16)24(25,26)27/h2-13H,14H2,1H3,(H,28,31). The van der Waals surface area contributed by atoms with Gasteiger partial charge in [-0.25, -0.2) is 4.98 Å². The van der Waals surface area contributed by atoms with Gasteiger partial charge in [-0.1, -0.05) is 36.0 Å². The molecule has 174 valence electrons. The van der Waals surface area contributed by atoms with Crippen molar-refractivity contribution in [2.75, 3.05) is 18.2 Å². The Morgan fingerprint density at radius 3 is 2.59 bits per heavy atom. The summed E-state index contributed by atoms with van der Waals surface area (Å²) in [6.45, 7) is 0. The number of alkyl halides is 3. The predicted octanol–water partition coefficient (Wildman–Crippen LogP) is 5.14. The molecule has 0 saturated carbocycles. The number of carbonyl (C=O) groups excluding carboxylic acids is 1. The zero-order valence-corrected chi connectivity index (χ0v) is 18.6. The molecule has 6 nitrogen and oxygen atoms in total. The molecule has 0 saturated heterocycles. The third kappa shape index (κ3) is 5.07. The molecule has 4 aromatic rings. The fraction of sp³-hybridized carbons (Fsp3) is 0.125. The highest BCUT2D eigenvalue weighted by Gasteiger charge is 2.30. The molecule has 0 bridgehead atoms. The monoisotopic (exact) mass is 485 g/mol. The van der Waals surface area contributed by atoms with Crippen LogP contribution in [0.4, 0.5) is 18.9 Å². The largest absolute Gasteiger partial charge is 0.497 e. The number of para-hydroxylation sites is 1. The Balaban J connectivity index is 1.64. The highest BCUT2D eigenvalue weighted by molar-refractivity contribution is 7.99. The molecule has 3 aromatic carbocycles. The molecule has 1 amide bonds. The Morgan fingerprint density at radius 2 is 1.82 bits per heavy atom. The van der Waals surface area contributed by atoms with Crippen LogP contribution in [0, 0.1) is 0 Å². The van der Waals surface area contributed by atoms with Crippen molar-refractivity contribution < 1.29 is 22.7 Å². The predicted molar refractivity (Wildman–Crippen MR) is 125 cm³/mol. The number of thioether (sulfide) groups is 1. The van der Waals surface area contributed by atoms with Crippen molar-refractivity contribution in [1.82, 2.24) is 9.55 Å². The Kier molecular flexibility index (Phi) is 6.60. The van der Waals surface area contributed by atoms with Gasteiger partial charge in [-0.05, 0) is 42.5 Å². The average Bonchev–Trinajstić information content (AvgIpc) is 2.82. The normalized spacial score (nSPS) is 11.4. The van der Waals surface area contributed by atoms with Crippen molar-refractivity contribution in [1.29, 1.82) is 0 Å². The molecule has 0 atom stereocenters. The number of rotatable bonds is 6. The first kappa shape index (κ1) is 23.4. The van der Waals surface area contributed by atoms with Crippen LogP contribution in [0.15, 0.2) is 82.7 Å². The summed E-state index contributed by atoms with van der Waals surface area (Å²) in [5.74, 6) is -0.176. The molecule has 1 aromatic heterocycles. The van der Waals surface area contributed by atoms with E-state index in [4.69, 9.17) is 4.74 Å². The van der Waals surface area contributed by atoms with Gasteiger partial charge in [0.05, 0.1) is 35.0 Å². The number of halogens is 3. The number of fused-ring (bicyclic) bond motifs is 1. The van der Waals surface area contributed by atoms with Gasteiger partial charge < -0.3 is 10.1 Å². The van der Waals surface area contributed by atoms with Crippen molar-refractivity contribution in [3.8, 4) is 11.4 Å². The second-order valence-corrected chi connectivity index (χ2v) is 8.11. The van der Waals surface area contributed by atoms with Gasteiger partial charge in [0.1, 0.15) is 5.75 Å². The summed E-state index contributed by atoms with van der Waals surface area (Å²) in [7, 11) is 1.51. The quantitative estimate of drug-likeness (QED) is 0.302. The molecule has 0 fully saturated rings. The van der Waals surface area contributed by atoms with Gasteiger partial charge in [-0.3, -0.25) is 14.2 Å². The van der Waals surface area contributed by atoms with Crippen LogP contribution in [0.2, 0.25) is 0 Å². The molecule has 1 N–H and O–H groups in total. The molecule has 4 rings (SSSR count). The second kappa shape index (κ2) is 9.60. The molecule has 34 heavy (non-hydrogen) atoms. The van der Waals surface area contributed by atoms with E-state index < -0.39 is 17.6 Å². The third-order valence-corrected chi connectivity index (χ3v) is 5.80. The van der Waals surface area contributed by atoms with Crippen molar-refractivity contribution in [2.24, 2.45) is 0 Å². The van der Waals surface area contributed by atoms with E-state index in [-0.39, 0.29) is 22.2 Å². The lowest BCUT2D eigenvalue weighted by Gasteiger charge is -2.14. The SMILES string of the molecule is COc1cccc(-n2c(SCC(=O)Nc3cccc(C(F)(F)F)c3)nc3ccccc3c2=O)c1. The molecular formula is C24H18F3N3O3S. The van der Waals surface area contributed by atoms with E-state index in [0.29, 0.717) is 22.3 Å². The number of hydrogen-bond donors (Lipinski definition) is 1. The minimum absolute atomic E-state index is 0.0251. The molecule has 0 aliphatic rings. The molecule has 0 aliphatic carbocycles. The number of methoxy groups -OCH3 is 1. The fourth-order valence-electron chi connectivity index (χ4n) is 3.29. The van der Waals surface area contributed by atoms with Crippen molar-refractivity contribution >= 4 is 34.3 Å². The number of hydrogen-bond acceptors (Lipinski definition) is 5. The van der Waals surface area contributed by atoms with Crippen LogP contribution < -0.4 is 15.6 Å². The fourth-order valence-corrected chi connectivity index (χ4v) is 4.10. The topological polar surface area (TPSA) is 73.2 Å². The van der Waals surface area contributed by atoms with Crippen molar-refractivity contribution in [3.63, 3.8) is 0 Å². The maximum atomic E-state index is 13.3. The molecule has 0 unspecified atom stereocenters. The van der Waals surface area contributed by atoms with Gasteiger partial charge in [0.15, 0.2) is 5.16 Å². The van der Waals surface area contributed by atoms with Crippen LogP contribution in [0.3, 0.4) is 0 Å². The zero-order valence-electron chi connectivity index (χ0n) is 17.8. The Labute approximate surface area is 196 Å². The van der Waals surface area contributed by atoms with Crippen molar-refractivity contribution in [3.05, 3.63) is 88.7 Å². The number of carbonyl (C=O) groups is 1. The summed E-state index contributed by atoms with van der Waals surface area (Å²) in [4.78, 5) is 30.3. The number of anilines is 1. The average molecular weight is 485 g/mol. The Bertz CT molecular complexity index is 1420. The molecule has 0 aliphatic heterocycles. The van der Waals surface area contributed by atoms with Gasteiger partial charge in [0.25, 0.3) is 5.56 Å². The van der Waals surface area contributed by atoms with Gasteiger partial charge in [0, 0.05) is 11.8 Å². The van der Waals surface area contributed by atoms with E-state index in [2.05, 4.69) is 10.3 Å². The highest BCUT2D eigenvalue weighted by Crippen LogP contribution is 2.31. The van der Waals surface area contributed by atoms with Crippen molar-refractivity contribution in [2.45, 2.75) is 11.3 Å². The minimum atomic E-state index is -4.52. The first-order valence-corrected chi connectivity index (χ1v) is 11.0. The highest BCUT2D eigenvalue weighted by atomic mass is 32.2. The van der Waals surface area contributed by atoms with Crippen LogP contribution >= 0.6 is 11.8 Å². The first-order chi connectivity index (χ1) is 16.3. The van der Waals surface area contributed by atoms with E-state index >= 15 is 0 Å². The van der Waals surface area contributed by atoms with Crippen LogP contribution in [-0.2, 0) is 11.0 Å².